The van der Waals surface area contributed by atoms with Gasteiger partial charge in [-0.1, -0.05) is 6.92 Å². The zero-order chi connectivity index (χ0) is 8.97. The maximum absolute atomic E-state index is 2.31. The number of imidazole rings is 1. The van der Waals surface area contributed by atoms with Crippen LogP contribution < -0.4 is 4.57 Å². The van der Waals surface area contributed by atoms with Crippen LogP contribution in [0.5, 0.6) is 0 Å². The molecule has 1 heterocycles. The quantitative estimate of drug-likeness (QED) is 0.648. The largest absolute Gasteiger partial charge is 0.256 e. The first-order valence-electron chi connectivity index (χ1n) is 4.39. The van der Waals surface area contributed by atoms with Crippen LogP contribution in [0.25, 0.3) is 0 Å². The van der Waals surface area contributed by atoms with Crippen molar-refractivity contribution in [2.45, 2.75) is 32.7 Å². The highest BCUT2D eigenvalue weighted by molar-refractivity contribution is 7.97. The van der Waals surface area contributed by atoms with Crippen molar-refractivity contribution in [2.75, 3.05) is 6.26 Å². The Bertz CT molecular complexity index is 243. The molecule has 12 heavy (non-hydrogen) atoms. The molecule has 0 fully saturated rings. The number of nitrogens with zero attached hydrogens (tertiary/aromatic N) is 2. The normalized spacial score (nSPS) is 10.6. The summed E-state index contributed by atoms with van der Waals surface area (Å²) in [5.74, 6) is 2.49. The molecule has 0 radical (unpaired) electrons. The lowest BCUT2D eigenvalue weighted by Crippen LogP contribution is -2.35. The Morgan fingerprint density at radius 2 is 2.25 bits per heavy atom. The molecule has 2 nitrogen and oxygen atoms in total. The minimum atomic E-state index is 1.07. The Morgan fingerprint density at radius 1 is 1.50 bits per heavy atom. The highest BCUT2D eigenvalue weighted by Crippen LogP contribution is 1.99. The fourth-order valence-electron chi connectivity index (χ4n) is 1.45. The molecule has 0 saturated carbocycles. The highest BCUT2D eigenvalue weighted by Gasteiger charge is 2.12. The minimum absolute atomic E-state index is 1.07. The van der Waals surface area contributed by atoms with Gasteiger partial charge in [0.25, 0.3) is 5.82 Å². The maximum Gasteiger partial charge on any atom is 0.256 e. The van der Waals surface area contributed by atoms with Crippen LogP contribution in [-0.4, -0.2) is 10.8 Å². The van der Waals surface area contributed by atoms with E-state index in [1.165, 1.54) is 5.82 Å². The third-order valence-corrected chi connectivity index (χ3v) is 2.55. The lowest BCUT2D eigenvalue weighted by atomic mass is 10.4. The predicted molar refractivity (Wildman–Crippen MR) is 53.2 cm³/mol. The van der Waals surface area contributed by atoms with Crippen molar-refractivity contribution in [1.82, 2.24) is 4.57 Å². The summed E-state index contributed by atoms with van der Waals surface area (Å²) in [4.78, 5) is 0. The smallest absolute Gasteiger partial charge is 0.235 e. The Hall–Kier alpha value is -0.440. The zero-order valence-electron chi connectivity index (χ0n) is 8.08. The van der Waals surface area contributed by atoms with Crippen LogP contribution in [0, 0.1) is 0 Å². The van der Waals surface area contributed by atoms with Crippen molar-refractivity contribution in [3.63, 3.8) is 0 Å². The lowest BCUT2D eigenvalue weighted by Gasteiger charge is -1.98. The van der Waals surface area contributed by atoms with Gasteiger partial charge in [0.1, 0.15) is 18.3 Å². The molecule has 0 bridgehead atoms. The summed E-state index contributed by atoms with van der Waals surface area (Å²) in [5, 5.41) is 0. The van der Waals surface area contributed by atoms with E-state index in [-0.39, 0.29) is 0 Å². The van der Waals surface area contributed by atoms with E-state index in [2.05, 4.69) is 41.6 Å². The summed E-state index contributed by atoms with van der Waals surface area (Å²) in [6.07, 6.45) is 7.57. The Balaban J connectivity index is 2.88. The van der Waals surface area contributed by atoms with Crippen LogP contribution in [0.2, 0.25) is 0 Å². The molecular weight excluding hydrogens is 168 g/mol. The van der Waals surface area contributed by atoms with Gasteiger partial charge in [-0.05, 0) is 13.2 Å². The average molecular weight is 185 g/mol. The topological polar surface area (TPSA) is 8.81 Å². The molecule has 1 aromatic heterocycles. The number of aromatic nitrogens is 2. The van der Waals surface area contributed by atoms with Gasteiger partial charge < -0.3 is 0 Å². The molecule has 0 unspecified atom stereocenters. The second kappa shape index (κ2) is 4.55. The molecule has 0 aliphatic rings. The molecule has 1 aromatic rings. The van der Waals surface area contributed by atoms with E-state index in [0.717, 1.165) is 18.8 Å². The van der Waals surface area contributed by atoms with Gasteiger partial charge in [-0.3, -0.25) is 0 Å². The van der Waals surface area contributed by atoms with Crippen LogP contribution >= 0.6 is 11.8 Å². The number of rotatable bonds is 4. The molecule has 0 aliphatic heterocycles. The van der Waals surface area contributed by atoms with Gasteiger partial charge in [0.15, 0.2) is 0 Å². The van der Waals surface area contributed by atoms with Crippen molar-refractivity contribution < 1.29 is 4.57 Å². The number of hydrogen-bond donors (Lipinski definition) is 0. The molecule has 0 N–H and O–H groups in total. The van der Waals surface area contributed by atoms with Gasteiger partial charge in [0, 0.05) is 6.42 Å². The van der Waals surface area contributed by atoms with Crippen molar-refractivity contribution in [2.24, 2.45) is 0 Å². The van der Waals surface area contributed by atoms with Crippen molar-refractivity contribution >= 4 is 11.8 Å². The summed E-state index contributed by atoms with van der Waals surface area (Å²) in [7, 11) is 0. The minimum Gasteiger partial charge on any atom is -0.235 e. The summed E-state index contributed by atoms with van der Waals surface area (Å²) in [5.41, 5.74) is 0. The van der Waals surface area contributed by atoms with E-state index >= 15 is 0 Å². The maximum atomic E-state index is 2.31. The van der Waals surface area contributed by atoms with Gasteiger partial charge in [-0.2, -0.15) is 0 Å². The van der Waals surface area contributed by atoms with E-state index in [9.17, 15) is 0 Å². The van der Waals surface area contributed by atoms with E-state index in [4.69, 9.17) is 0 Å². The number of thioether (sulfide) groups is 1. The second-order valence-corrected chi connectivity index (χ2v) is 3.58. The number of aryl methyl sites for hydroxylation is 1. The van der Waals surface area contributed by atoms with Gasteiger partial charge in [-0.15, -0.1) is 11.8 Å². The Labute approximate surface area is 78.6 Å². The first-order chi connectivity index (χ1) is 5.83. The lowest BCUT2D eigenvalue weighted by molar-refractivity contribution is -0.683. The summed E-state index contributed by atoms with van der Waals surface area (Å²) in [6, 6.07) is 0. The fraction of sp³-hybridized carbons (Fsp3) is 0.667. The molecule has 0 aromatic carbocycles. The molecule has 68 valence electrons. The first kappa shape index (κ1) is 9.65. The van der Waals surface area contributed by atoms with Crippen LogP contribution in [0.15, 0.2) is 12.4 Å². The summed E-state index contributed by atoms with van der Waals surface area (Å²) in [6.45, 7) is 5.46. The van der Waals surface area contributed by atoms with Crippen LogP contribution in [0.3, 0.4) is 0 Å². The molecule has 0 spiro atoms. The van der Waals surface area contributed by atoms with E-state index < -0.39 is 0 Å². The van der Waals surface area contributed by atoms with Crippen molar-refractivity contribution in [3.8, 4) is 0 Å². The third kappa shape index (κ3) is 1.83. The molecule has 0 aliphatic carbocycles. The van der Waals surface area contributed by atoms with Crippen LogP contribution in [0.1, 0.15) is 19.7 Å². The molecule has 0 amide bonds. The molecule has 1 rings (SSSR count). The number of hydrogen-bond acceptors (Lipinski definition) is 1. The van der Waals surface area contributed by atoms with Crippen LogP contribution in [0.4, 0.5) is 0 Å². The van der Waals surface area contributed by atoms with Crippen LogP contribution in [-0.2, 0) is 18.8 Å². The van der Waals surface area contributed by atoms with Gasteiger partial charge in [0.2, 0.25) is 0 Å². The van der Waals surface area contributed by atoms with Gasteiger partial charge in [-0.25, -0.2) is 9.13 Å². The van der Waals surface area contributed by atoms with Gasteiger partial charge >= 0.3 is 0 Å². The Kier molecular flexibility index (Phi) is 3.66. The van der Waals surface area contributed by atoms with E-state index in [0.29, 0.717) is 0 Å². The summed E-state index contributed by atoms with van der Waals surface area (Å²) < 4.78 is 4.62. The monoisotopic (exact) mass is 185 g/mol. The van der Waals surface area contributed by atoms with Crippen molar-refractivity contribution in [1.29, 1.82) is 0 Å². The molecular formula is C9H17N2S+. The van der Waals surface area contributed by atoms with E-state index in [1.54, 1.807) is 0 Å². The fourth-order valence-corrected chi connectivity index (χ4v) is 1.96. The zero-order valence-corrected chi connectivity index (χ0v) is 8.90. The summed E-state index contributed by atoms with van der Waals surface area (Å²) >= 11 is 1.86. The second-order valence-electron chi connectivity index (χ2n) is 2.74. The predicted octanol–water partition coefficient (Wildman–Crippen LogP) is 1.68. The SMILES string of the molecule is CCc1n(CC)cc[n+]1CSC. The molecule has 0 saturated heterocycles. The van der Waals surface area contributed by atoms with Gasteiger partial charge in [0.05, 0.1) is 6.54 Å². The molecule has 3 heteroatoms. The first-order valence-corrected chi connectivity index (χ1v) is 5.79. The average Bonchev–Trinajstić information content (AvgIpc) is 2.47. The highest BCUT2D eigenvalue weighted by atomic mass is 32.2. The standard InChI is InChI=1S/C9H17N2S/c1-4-9-10(5-2)6-7-11(9)8-12-3/h6-7H,4-5,8H2,1-3H3/q+1. The molecule has 0 atom stereocenters. The van der Waals surface area contributed by atoms with E-state index in [1.807, 2.05) is 11.8 Å². The Morgan fingerprint density at radius 3 is 2.75 bits per heavy atom. The third-order valence-electron chi connectivity index (χ3n) is 2.01. The van der Waals surface area contributed by atoms with Crippen molar-refractivity contribution in [3.05, 3.63) is 18.2 Å².